The summed E-state index contributed by atoms with van der Waals surface area (Å²) in [6.07, 6.45) is 1.53. The zero-order chi connectivity index (χ0) is 16.1. The van der Waals surface area contributed by atoms with Crippen LogP contribution in [0.4, 0.5) is 4.79 Å². The summed E-state index contributed by atoms with van der Waals surface area (Å²) in [5, 5.41) is 2.44. The number of amides is 3. The second-order valence-corrected chi connectivity index (χ2v) is 4.46. The molecule has 0 spiro atoms. The van der Waals surface area contributed by atoms with Gasteiger partial charge in [-0.1, -0.05) is 12.1 Å². The maximum atomic E-state index is 12.1. The monoisotopic (exact) mass is 304 g/mol. The Morgan fingerprint density at radius 3 is 2.55 bits per heavy atom. The summed E-state index contributed by atoms with van der Waals surface area (Å²) in [7, 11) is 1.56. The van der Waals surface area contributed by atoms with E-state index in [1.807, 2.05) is 0 Å². The molecule has 0 bridgehead atoms. The van der Waals surface area contributed by atoms with Crippen molar-refractivity contribution in [3.05, 3.63) is 35.5 Å². The van der Waals surface area contributed by atoms with Crippen molar-refractivity contribution in [2.45, 2.75) is 6.92 Å². The van der Waals surface area contributed by atoms with Gasteiger partial charge in [-0.25, -0.2) is 9.69 Å². The molecule has 0 saturated carbocycles. The van der Waals surface area contributed by atoms with Gasteiger partial charge in [0.15, 0.2) is 0 Å². The minimum Gasteiger partial charge on any atom is -0.497 e. The number of methoxy groups -OCH3 is 1. The fraction of sp³-hybridized carbons (Fsp3) is 0.267. The zero-order valence-electron chi connectivity index (χ0n) is 12.3. The number of carbonyl (C=O) groups is 3. The highest BCUT2D eigenvalue weighted by atomic mass is 16.5. The zero-order valence-corrected chi connectivity index (χ0v) is 12.3. The van der Waals surface area contributed by atoms with Gasteiger partial charge in [-0.3, -0.25) is 9.59 Å². The number of esters is 1. The van der Waals surface area contributed by atoms with Crippen molar-refractivity contribution in [3.8, 4) is 5.75 Å². The molecule has 116 valence electrons. The first kappa shape index (κ1) is 15.6. The molecule has 7 nitrogen and oxygen atoms in total. The maximum Gasteiger partial charge on any atom is 0.329 e. The predicted molar refractivity (Wildman–Crippen MR) is 77.8 cm³/mol. The lowest BCUT2D eigenvalue weighted by atomic mass is 10.2. The van der Waals surface area contributed by atoms with E-state index in [4.69, 9.17) is 9.47 Å². The lowest BCUT2D eigenvalue weighted by molar-refractivity contribution is -0.145. The molecule has 0 atom stereocenters. The van der Waals surface area contributed by atoms with Crippen LogP contribution in [0.1, 0.15) is 12.5 Å². The highest BCUT2D eigenvalue weighted by Crippen LogP contribution is 2.16. The van der Waals surface area contributed by atoms with Crippen LogP contribution in [0.25, 0.3) is 6.08 Å². The summed E-state index contributed by atoms with van der Waals surface area (Å²) in [4.78, 5) is 36.1. The normalized spacial score (nSPS) is 15.9. The van der Waals surface area contributed by atoms with Crippen molar-refractivity contribution in [1.82, 2.24) is 10.2 Å². The number of hydrogen-bond donors (Lipinski definition) is 1. The fourth-order valence-electron chi connectivity index (χ4n) is 1.92. The number of ether oxygens (including phenoxy) is 2. The molecule has 1 aliphatic heterocycles. The number of nitrogens with zero attached hydrogens (tertiary/aromatic N) is 1. The Bertz CT molecular complexity index is 621. The predicted octanol–water partition coefficient (Wildman–Crippen LogP) is 1.15. The standard InChI is InChI=1S/C15H16N2O5/c1-3-22-13(18)9-17-14(19)12(16-15(17)20)8-10-4-6-11(21-2)7-5-10/h4-8H,3,9H2,1-2H3,(H,16,20)/b12-8-. The molecule has 3 amide bonds. The van der Waals surface area contributed by atoms with Crippen LogP contribution in [0.2, 0.25) is 0 Å². The van der Waals surface area contributed by atoms with Gasteiger partial charge in [0.2, 0.25) is 0 Å². The van der Waals surface area contributed by atoms with Gasteiger partial charge in [-0.15, -0.1) is 0 Å². The molecule has 0 aliphatic carbocycles. The summed E-state index contributed by atoms with van der Waals surface area (Å²) < 4.78 is 9.78. The average Bonchev–Trinajstić information content (AvgIpc) is 2.76. The third kappa shape index (κ3) is 3.43. The van der Waals surface area contributed by atoms with E-state index in [0.717, 1.165) is 10.5 Å². The molecular weight excluding hydrogens is 288 g/mol. The van der Waals surface area contributed by atoms with Gasteiger partial charge in [0.1, 0.15) is 18.0 Å². The number of urea groups is 1. The molecule has 0 aromatic heterocycles. The molecule has 1 aromatic rings. The summed E-state index contributed by atoms with van der Waals surface area (Å²) in [5.74, 6) is -0.501. The highest BCUT2D eigenvalue weighted by Gasteiger charge is 2.35. The van der Waals surface area contributed by atoms with E-state index in [1.54, 1.807) is 38.3 Å². The third-order valence-electron chi connectivity index (χ3n) is 2.98. The number of benzene rings is 1. The van der Waals surface area contributed by atoms with E-state index in [0.29, 0.717) is 5.75 Å². The summed E-state index contributed by atoms with van der Waals surface area (Å²) in [6.45, 7) is 1.44. The van der Waals surface area contributed by atoms with Crippen LogP contribution in [-0.2, 0) is 14.3 Å². The minimum atomic E-state index is -0.641. The summed E-state index contributed by atoms with van der Waals surface area (Å²) in [5.41, 5.74) is 0.835. The second kappa shape index (κ2) is 6.75. The molecular formula is C15H16N2O5. The minimum absolute atomic E-state index is 0.111. The van der Waals surface area contributed by atoms with Crippen molar-refractivity contribution in [3.63, 3.8) is 0 Å². The van der Waals surface area contributed by atoms with Gasteiger partial charge >= 0.3 is 12.0 Å². The van der Waals surface area contributed by atoms with Gasteiger partial charge in [-0.2, -0.15) is 0 Å². The molecule has 1 aromatic carbocycles. The van der Waals surface area contributed by atoms with Crippen molar-refractivity contribution in [2.75, 3.05) is 20.3 Å². The van der Waals surface area contributed by atoms with Crippen LogP contribution >= 0.6 is 0 Å². The topological polar surface area (TPSA) is 84.9 Å². The Morgan fingerprint density at radius 2 is 1.95 bits per heavy atom. The Morgan fingerprint density at radius 1 is 1.27 bits per heavy atom. The lowest BCUT2D eigenvalue weighted by Crippen LogP contribution is -2.36. The Kier molecular flexibility index (Phi) is 4.77. The van der Waals surface area contributed by atoms with Crippen molar-refractivity contribution in [2.24, 2.45) is 0 Å². The second-order valence-electron chi connectivity index (χ2n) is 4.46. The van der Waals surface area contributed by atoms with Gasteiger partial charge in [0.05, 0.1) is 13.7 Å². The van der Waals surface area contributed by atoms with E-state index in [1.165, 1.54) is 6.08 Å². The number of carbonyl (C=O) groups excluding carboxylic acids is 3. The molecule has 1 heterocycles. The number of nitrogens with one attached hydrogen (secondary N) is 1. The van der Waals surface area contributed by atoms with E-state index >= 15 is 0 Å². The third-order valence-corrected chi connectivity index (χ3v) is 2.98. The number of imide groups is 1. The largest absolute Gasteiger partial charge is 0.497 e. The van der Waals surface area contributed by atoms with E-state index < -0.39 is 24.5 Å². The smallest absolute Gasteiger partial charge is 0.329 e. The number of rotatable bonds is 5. The molecule has 0 radical (unpaired) electrons. The van der Waals surface area contributed by atoms with Crippen LogP contribution in [-0.4, -0.2) is 43.1 Å². The molecule has 7 heteroatoms. The van der Waals surface area contributed by atoms with Crippen LogP contribution < -0.4 is 10.1 Å². The van der Waals surface area contributed by atoms with Gasteiger partial charge in [0, 0.05) is 0 Å². The van der Waals surface area contributed by atoms with Crippen LogP contribution in [0.15, 0.2) is 30.0 Å². The molecule has 2 rings (SSSR count). The number of hydrogen-bond acceptors (Lipinski definition) is 5. The van der Waals surface area contributed by atoms with Crippen LogP contribution in [0.5, 0.6) is 5.75 Å². The van der Waals surface area contributed by atoms with Crippen molar-refractivity contribution in [1.29, 1.82) is 0 Å². The summed E-state index contributed by atoms with van der Waals surface area (Å²) >= 11 is 0. The highest BCUT2D eigenvalue weighted by molar-refractivity contribution is 6.15. The van der Waals surface area contributed by atoms with Crippen LogP contribution in [0, 0.1) is 0 Å². The molecule has 1 aliphatic rings. The van der Waals surface area contributed by atoms with Crippen LogP contribution in [0.3, 0.4) is 0 Å². The first-order valence-corrected chi connectivity index (χ1v) is 6.69. The van der Waals surface area contributed by atoms with Crippen molar-refractivity contribution < 1.29 is 23.9 Å². The summed E-state index contributed by atoms with van der Waals surface area (Å²) in [6, 6.07) is 6.34. The van der Waals surface area contributed by atoms with E-state index in [9.17, 15) is 14.4 Å². The van der Waals surface area contributed by atoms with Gasteiger partial charge < -0.3 is 14.8 Å². The molecule has 0 unspecified atom stereocenters. The fourth-order valence-corrected chi connectivity index (χ4v) is 1.92. The SMILES string of the molecule is CCOC(=O)CN1C(=O)N/C(=C\c2ccc(OC)cc2)C1=O. The molecule has 1 saturated heterocycles. The van der Waals surface area contributed by atoms with Gasteiger partial charge in [0.25, 0.3) is 5.91 Å². The first-order chi connectivity index (χ1) is 10.5. The molecule has 22 heavy (non-hydrogen) atoms. The first-order valence-electron chi connectivity index (χ1n) is 6.69. The maximum absolute atomic E-state index is 12.1. The van der Waals surface area contributed by atoms with Crippen molar-refractivity contribution >= 4 is 24.0 Å². The van der Waals surface area contributed by atoms with E-state index in [-0.39, 0.29) is 12.3 Å². The molecule has 1 N–H and O–H groups in total. The molecule has 1 fully saturated rings. The van der Waals surface area contributed by atoms with Gasteiger partial charge in [-0.05, 0) is 30.7 Å². The average molecular weight is 304 g/mol. The quantitative estimate of drug-likeness (QED) is 0.501. The lowest BCUT2D eigenvalue weighted by Gasteiger charge is -2.10. The Hall–Kier alpha value is -2.83. The Balaban J connectivity index is 2.12. The Labute approximate surface area is 127 Å². The van der Waals surface area contributed by atoms with E-state index in [2.05, 4.69) is 5.32 Å².